The Morgan fingerprint density at radius 3 is 2.29 bits per heavy atom. The van der Waals surface area contributed by atoms with Crippen molar-refractivity contribution in [1.82, 2.24) is 24.8 Å². The highest BCUT2D eigenvalue weighted by Gasteiger charge is 2.17. The van der Waals surface area contributed by atoms with Crippen molar-refractivity contribution in [2.45, 2.75) is 20.0 Å². The predicted molar refractivity (Wildman–Crippen MR) is 137 cm³/mol. The minimum absolute atomic E-state index is 0.688. The van der Waals surface area contributed by atoms with Crippen molar-refractivity contribution in [3.63, 3.8) is 0 Å². The molecule has 0 spiro atoms. The van der Waals surface area contributed by atoms with Gasteiger partial charge in [-0.1, -0.05) is 60.7 Å². The van der Waals surface area contributed by atoms with Crippen LogP contribution in [-0.2, 0) is 13.1 Å². The third-order valence-electron chi connectivity index (χ3n) is 5.81. The summed E-state index contributed by atoms with van der Waals surface area (Å²) in [6, 6.07) is 29.2. The van der Waals surface area contributed by atoms with E-state index in [2.05, 4.69) is 76.5 Å². The average Bonchev–Trinajstić information content (AvgIpc) is 3.29. The molecule has 2 aromatic carbocycles. The lowest BCUT2D eigenvalue weighted by molar-refractivity contribution is 0.312. The summed E-state index contributed by atoms with van der Waals surface area (Å²) in [6.07, 6.45) is 3.60. The van der Waals surface area contributed by atoms with Crippen LogP contribution >= 0.6 is 0 Å². The summed E-state index contributed by atoms with van der Waals surface area (Å²) < 4.78 is 0. The topological polar surface area (TPSA) is 57.7 Å². The van der Waals surface area contributed by atoms with Gasteiger partial charge < -0.3 is 4.98 Å². The molecule has 5 rings (SSSR count). The van der Waals surface area contributed by atoms with Gasteiger partial charge in [0.05, 0.1) is 17.9 Å². The molecule has 5 nitrogen and oxygen atoms in total. The summed E-state index contributed by atoms with van der Waals surface area (Å²) in [5.41, 5.74) is 8.50. The first-order chi connectivity index (χ1) is 16.7. The Morgan fingerprint density at radius 2 is 1.50 bits per heavy atom. The van der Waals surface area contributed by atoms with Gasteiger partial charge in [-0.3, -0.25) is 14.9 Å². The Kier molecular flexibility index (Phi) is 6.27. The van der Waals surface area contributed by atoms with Crippen LogP contribution in [0.5, 0.6) is 0 Å². The van der Waals surface area contributed by atoms with E-state index in [0.29, 0.717) is 6.54 Å². The zero-order chi connectivity index (χ0) is 23.3. The molecule has 0 radical (unpaired) electrons. The lowest BCUT2D eigenvalue weighted by Gasteiger charge is -2.18. The third-order valence-corrected chi connectivity index (χ3v) is 5.81. The molecule has 168 valence electrons. The second-order valence-corrected chi connectivity index (χ2v) is 8.50. The maximum Gasteiger partial charge on any atom is 0.121 e. The van der Waals surface area contributed by atoms with Crippen molar-refractivity contribution < 1.29 is 0 Å². The first-order valence-electron chi connectivity index (χ1n) is 11.4. The van der Waals surface area contributed by atoms with Crippen LogP contribution < -0.4 is 0 Å². The maximum absolute atomic E-state index is 4.98. The van der Waals surface area contributed by atoms with Crippen molar-refractivity contribution >= 4 is 0 Å². The molecule has 1 N–H and O–H groups in total. The Bertz CT molecular complexity index is 1380. The lowest BCUT2D eigenvalue weighted by atomic mass is 9.99. The zero-order valence-corrected chi connectivity index (χ0v) is 19.4. The van der Waals surface area contributed by atoms with E-state index in [-0.39, 0.29) is 0 Å². The van der Waals surface area contributed by atoms with Gasteiger partial charge in [-0.2, -0.15) is 0 Å². The Balaban J connectivity index is 1.43. The number of rotatable bonds is 7. The number of nitrogens with zero attached hydrogens (tertiary/aromatic N) is 4. The number of benzene rings is 2. The molecule has 0 saturated heterocycles. The molecule has 0 fully saturated rings. The molecule has 5 aromatic rings. The third kappa shape index (κ3) is 4.80. The fraction of sp³-hybridized carbons (Fsp3) is 0.138. The van der Waals surface area contributed by atoms with Crippen LogP contribution in [0.2, 0.25) is 0 Å². The second kappa shape index (κ2) is 9.81. The van der Waals surface area contributed by atoms with Crippen LogP contribution in [0.4, 0.5) is 0 Å². The van der Waals surface area contributed by atoms with E-state index in [1.54, 1.807) is 12.4 Å². The molecule has 0 atom stereocenters. The highest BCUT2D eigenvalue weighted by Crippen LogP contribution is 2.30. The number of nitrogens with one attached hydrogen (secondary N) is 1. The Labute approximate surface area is 200 Å². The first kappa shape index (κ1) is 21.7. The van der Waals surface area contributed by atoms with Crippen molar-refractivity contribution in [2.75, 3.05) is 7.05 Å². The van der Waals surface area contributed by atoms with Crippen LogP contribution in [0.25, 0.3) is 33.8 Å². The highest BCUT2D eigenvalue weighted by atomic mass is 15.1. The normalized spacial score (nSPS) is 11.1. The van der Waals surface area contributed by atoms with Crippen LogP contribution in [-0.4, -0.2) is 31.9 Å². The number of H-pyrrole nitrogens is 1. The standard InChI is InChI=1S/C29H27N5/c1-21-9-8-14-26(31-21)29-28(23-15-17-30-18-16-23)32-27(33-29)20-34(2)19-24-12-6-7-13-25(24)22-10-4-3-5-11-22/h3-18H,19-20H2,1-2H3,(H,32,33). The molecule has 3 heterocycles. The SMILES string of the molecule is Cc1cccc(-c2nc(CN(C)Cc3ccccc3-c3ccccc3)[nH]c2-c2ccncc2)n1. The molecule has 0 unspecified atom stereocenters. The summed E-state index contributed by atoms with van der Waals surface area (Å²) in [4.78, 5) is 19.7. The quantitative estimate of drug-likeness (QED) is 0.327. The summed E-state index contributed by atoms with van der Waals surface area (Å²) in [7, 11) is 2.13. The molecule has 0 aliphatic rings. The van der Waals surface area contributed by atoms with Crippen molar-refractivity contribution in [3.8, 4) is 33.8 Å². The van der Waals surface area contributed by atoms with Gasteiger partial charge in [0.15, 0.2) is 0 Å². The zero-order valence-electron chi connectivity index (χ0n) is 19.4. The second-order valence-electron chi connectivity index (χ2n) is 8.50. The van der Waals surface area contributed by atoms with Gasteiger partial charge in [0.25, 0.3) is 0 Å². The molecular weight excluding hydrogens is 418 g/mol. The molecule has 5 heteroatoms. The van der Waals surface area contributed by atoms with E-state index in [4.69, 9.17) is 9.97 Å². The van der Waals surface area contributed by atoms with Gasteiger partial charge in [0, 0.05) is 30.2 Å². The predicted octanol–water partition coefficient (Wildman–Crippen LogP) is 6.14. The molecule has 0 aliphatic carbocycles. The molecule has 0 aliphatic heterocycles. The fourth-order valence-electron chi connectivity index (χ4n) is 4.24. The van der Waals surface area contributed by atoms with Crippen LogP contribution in [0.3, 0.4) is 0 Å². The van der Waals surface area contributed by atoms with E-state index >= 15 is 0 Å². The number of hydrogen-bond acceptors (Lipinski definition) is 4. The van der Waals surface area contributed by atoms with Crippen LogP contribution in [0.1, 0.15) is 17.1 Å². The number of aromatic nitrogens is 4. The smallest absolute Gasteiger partial charge is 0.121 e. The van der Waals surface area contributed by atoms with Crippen molar-refractivity contribution in [3.05, 3.63) is 114 Å². The fourth-order valence-corrected chi connectivity index (χ4v) is 4.24. The van der Waals surface area contributed by atoms with Crippen molar-refractivity contribution in [2.24, 2.45) is 0 Å². The summed E-state index contributed by atoms with van der Waals surface area (Å²) in [6.45, 7) is 3.50. The number of hydrogen-bond donors (Lipinski definition) is 1. The van der Waals surface area contributed by atoms with E-state index in [1.807, 2.05) is 37.3 Å². The number of pyridine rings is 2. The molecule has 3 aromatic heterocycles. The van der Waals surface area contributed by atoms with E-state index in [0.717, 1.165) is 40.7 Å². The minimum atomic E-state index is 0.688. The van der Waals surface area contributed by atoms with E-state index in [9.17, 15) is 0 Å². The molecule has 0 bridgehead atoms. The molecular formula is C29H27N5. The summed E-state index contributed by atoms with van der Waals surface area (Å²) >= 11 is 0. The van der Waals surface area contributed by atoms with Crippen molar-refractivity contribution in [1.29, 1.82) is 0 Å². The first-order valence-corrected chi connectivity index (χ1v) is 11.4. The Hall–Kier alpha value is -4.09. The molecule has 34 heavy (non-hydrogen) atoms. The largest absolute Gasteiger partial charge is 0.340 e. The number of aromatic amines is 1. The van der Waals surface area contributed by atoms with Gasteiger partial charge in [-0.05, 0) is 54.9 Å². The highest BCUT2D eigenvalue weighted by molar-refractivity contribution is 5.76. The van der Waals surface area contributed by atoms with Gasteiger partial charge in [-0.15, -0.1) is 0 Å². The van der Waals surface area contributed by atoms with Crippen LogP contribution in [0.15, 0.2) is 97.3 Å². The van der Waals surface area contributed by atoms with E-state index in [1.165, 1.54) is 16.7 Å². The Morgan fingerprint density at radius 1 is 0.735 bits per heavy atom. The molecule has 0 saturated carbocycles. The summed E-state index contributed by atoms with van der Waals surface area (Å²) in [5, 5.41) is 0. The number of aryl methyl sites for hydroxylation is 1. The number of imidazole rings is 1. The van der Waals surface area contributed by atoms with E-state index < -0.39 is 0 Å². The van der Waals surface area contributed by atoms with Gasteiger partial charge >= 0.3 is 0 Å². The minimum Gasteiger partial charge on any atom is -0.340 e. The lowest BCUT2D eigenvalue weighted by Crippen LogP contribution is -2.18. The van der Waals surface area contributed by atoms with Gasteiger partial charge in [-0.25, -0.2) is 4.98 Å². The van der Waals surface area contributed by atoms with Crippen LogP contribution in [0, 0.1) is 6.92 Å². The van der Waals surface area contributed by atoms with Gasteiger partial charge in [0.1, 0.15) is 11.5 Å². The average molecular weight is 446 g/mol. The monoisotopic (exact) mass is 445 g/mol. The maximum atomic E-state index is 4.98. The molecule has 0 amide bonds. The summed E-state index contributed by atoms with van der Waals surface area (Å²) in [5.74, 6) is 0.907. The van der Waals surface area contributed by atoms with Gasteiger partial charge in [0.2, 0.25) is 0 Å².